The SMILES string of the molecule is Cc1ccc(NCc2nnc(SCCC(=O)Nc3cccc(C)c3)n2-c2ccccc2)cc1. The van der Waals surface area contributed by atoms with Crippen molar-refractivity contribution in [2.24, 2.45) is 0 Å². The molecule has 168 valence electrons. The van der Waals surface area contributed by atoms with Crippen LogP contribution < -0.4 is 10.6 Å². The van der Waals surface area contributed by atoms with Gasteiger partial charge in [-0.1, -0.05) is 59.8 Å². The van der Waals surface area contributed by atoms with E-state index in [-0.39, 0.29) is 5.91 Å². The van der Waals surface area contributed by atoms with Gasteiger partial charge in [-0.3, -0.25) is 9.36 Å². The van der Waals surface area contributed by atoms with Gasteiger partial charge in [0.05, 0.1) is 6.54 Å². The number of nitrogens with zero attached hydrogens (tertiary/aromatic N) is 3. The van der Waals surface area contributed by atoms with Crippen molar-refractivity contribution >= 4 is 29.0 Å². The van der Waals surface area contributed by atoms with Crippen molar-refractivity contribution in [2.75, 3.05) is 16.4 Å². The molecule has 1 amide bonds. The molecule has 0 aliphatic rings. The Balaban J connectivity index is 1.42. The van der Waals surface area contributed by atoms with Crippen LogP contribution in [0.15, 0.2) is 84.0 Å². The first-order chi connectivity index (χ1) is 16.1. The molecule has 1 heterocycles. The van der Waals surface area contributed by atoms with Crippen LogP contribution in [0.5, 0.6) is 0 Å². The smallest absolute Gasteiger partial charge is 0.225 e. The van der Waals surface area contributed by atoms with Crippen LogP contribution >= 0.6 is 11.8 Å². The van der Waals surface area contributed by atoms with E-state index in [4.69, 9.17) is 0 Å². The van der Waals surface area contributed by atoms with Gasteiger partial charge in [0.1, 0.15) is 0 Å². The van der Waals surface area contributed by atoms with Crippen LogP contribution in [0.1, 0.15) is 23.4 Å². The van der Waals surface area contributed by atoms with Gasteiger partial charge in [-0.25, -0.2) is 0 Å². The Morgan fingerprint density at radius 1 is 0.879 bits per heavy atom. The maximum absolute atomic E-state index is 12.4. The Morgan fingerprint density at radius 2 is 1.67 bits per heavy atom. The summed E-state index contributed by atoms with van der Waals surface area (Å²) < 4.78 is 2.05. The molecule has 1 aromatic heterocycles. The third-order valence-electron chi connectivity index (χ3n) is 5.08. The van der Waals surface area contributed by atoms with Crippen molar-refractivity contribution in [1.29, 1.82) is 0 Å². The molecule has 7 heteroatoms. The lowest BCUT2D eigenvalue weighted by Crippen LogP contribution is -2.12. The standard InChI is InChI=1S/C26H27N5OS/c1-19-11-13-21(14-12-19)27-18-24-29-30-26(31(24)23-9-4-3-5-10-23)33-16-15-25(32)28-22-8-6-7-20(2)17-22/h3-14,17,27H,15-16,18H2,1-2H3,(H,28,32). The number of benzene rings is 3. The van der Waals surface area contributed by atoms with Crippen LogP contribution in [-0.2, 0) is 11.3 Å². The van der Waals surface area contributed by atoms with Crippen LogP contribution in [0, 0.1) is 13.8 Å². The summed E-state index contributed by atoms with van der Waals surface area (Å²) in [6.07, 6.45) is 0.386. The van der Waals surface area contributed by atoms with Crippen LogP contribution in [0.2, 0.25) is 0 Å². The molecule has 0 aliphatic carbocycles. The van der Waals surface area contributed by atoms with Crippen molar-refractivity contribution < 1.29 is 4.79 Å². The van der Waals surface area contributed by atoms with Gasteiger partial charge in [-0.05, 0) is 55.8 Å². The molecule has 3 aromatic carbocycles. The molecule has 0 atom stereocenters. The summed E-state index contributed by atoms with van der Waals surface area (Å²) in [7, 11) is 0. The highest BCUT2D eigenvalue weighted by molar-refractivity contribution is 7.99. The van der Waals surface area contributed by atoms with Gasteiger partial charge < -0.3 is 10.6 Å². The van der Waals surface area contributed by atoms with Crippen molar-refractivity contribution in [1.82, 2.24) is 14.8 Å². The molecule has 0 aliphatic heterocycles. The zero-order chi connectivity index (χ0) is 23.0. The molecule has 0 spiro atoms. The minimum atomic E-state index is -0.0138. The van der Waals surface area contributed by atoms with Crippen molar-refractivity contribution in [2.45, 2.75) is 32.0 Å². The number of anilines is 2. The second-order valence-electron chi connectivity index (χ2n) is 7.81. The highest BCUT2D eigenvalue weighted by Gasteiger charge is 2.15. The molecule has 0 saturated heterocycles. The summed E-state index contributed by atoms with van der Waals surface area (Å²) in [5, 5.41) is 16.0. The molecule has 0 saturated carbocycles. The monoisotopic (exact) mass is 457 g/mol. The zero-order valence-electron chi connectivity index (χ0n) is 18.8. The van der Waals surface area contributed by atoms with Crippen molar-refractivity contribution in [3.63, 3.8) is 0 Å². The van der Waals surface area contributed by atoms with Gasteiger partial charge in [0.2, 0.25) is 5.91 Å². The lowest BCUT2D eigenvalue weighted by Gasteiger charge is -2.11. The number of nitrogens with one attached hydrogen (secondary N) is 2. The third kappa shape index (κ3) is 6.23. The molecule has 2 N–H and O–H groups in total. The number of hydrogen-bond donors (Lipinski definition) is 2. The first-order valence-corrected chi connectivity index (χ1v) is 11.9. The number of aryl methyl sites for hydroxylation is 2. The molecule has 4 rings (SSSR count). The second-order valence-corrected chi connectivity index (χ2v) is 8.87. The van der Waals surface area contributed by atoms with Gasteiger partial charge in [0.25, 0.3) is 0 Å². The fraction of sp³-hybridized carbons (Fsp3) is 0.192. The highest BCUT2D eigenvalue weighted by Crippen LogP contribution is 2.23. The average molecular weight is 458 g/mol. The maximum Gasteiger partial charge on any atom is 0.225 e. The van der Waals surface area contributed by atoms with Gasteiger partial charge in [0, 0.05) is 29.2 Å². The van der Waals surface area contributed by atoms with E-state index in [0.717, 1.165) is 33.6 Å². The first kappa shape index (κ1) is 22.6. The number of para-hydroxylation sites is 1. The molecule has 4 aromatic rings. The van der Waals surface area contributed by atoms with E-state index < -0.39 is 0 Å². The summed E-state index contributed by atoms with van der Waals surface area (Å²) in [6, 6.07) is 26.1. The van der Waals surface area contributed by atoms with E-state index in [1.807, 2.05) is 66.1 Å². The normalized spacial score (nSPS) is 10.7. The van der Waals surface area contributed by atoms with E-state index in [9.17, 15) is 4.79 Å². The van der Waals surface area contributed by atoms with Crippen LogP contribution in [-0.4, -0.2) is 26.4 Å². The lowest BCUT2D eigenvalue weighted by molar-refractivity contribution is -0.115. The Labute approximate surface area is 198 Å². The van der Waals surface area contributed by atoms with Gasteiger partial charge in [-0.2, -0.15) is 0 Å². The number of carbonyl (C=O) groups excluding carboxylic acids is 1. The molecular weight excluding hydrogens is 430 g/mol. The molecular formula is C26H27N5OS. The van der Waals surface area contributed by atoms with E-state index >= 15 is 0 Å². The molecule has 33 heavy (non-hydrogen) atoms. The average Bonchev–Trinajstić information content (AvgIpc) is 3.22. The number of amides is 1. The Morgan fingerprint density at radius 3 is 2.42 bits per heavy atom. The van der Waals surface area contributed by atoms with Crippen LogP contribution in [0.4, 0.5) is 11.4 Å². The summed E-state index contributed by atoms with van der Waals surface area (Å²) in [5.74, 6) is 1.40. The Kier molecular flexibility index (Phi) is 7.42. The quantitative estimate of drug-likeness (QED) is 0.319. The Bertz CT molecular complexity index is 1210. The number of rotatable bonds is 9. The number of aromatic nitrogens is 3. The Hall–Kier alpha value is -3.58. The molecule has 0 bridgehead atoms. The number of carbonyl (C=O) groups is 1. The summed E-state index contributed by atoms with van der Waals surface area (Å²) in [5.41, 5.74) is 5.19. The highest BCUT2D eigenvalue weighted by atomic mass is 32.2. The maximum atomic E-state index is 12.4. The summed E-state index contributed by atoms with van der Waals surface area (Å²) in [4.78, 5) is 12.4. The minimum absolute atomic E-state index is 0.0138. The zero-order valence-corrected chi connectivity index (χ0v) is 19.6. The van der Waals surface area contributed by atoms with E-state index in [0.29, 0.717) is 18.7 Å². The fourth-order valence-corrected chi connectivity index (χ4v) is 4.29. The van der Waals surface area contributed by atoms with Gasteiger partial charge >= 0.3 is 0 Å². The second kappa shape index (κ2) is 10.8. The molecule has 0 fully saturated rings. The van der Waals surface area contributed by atoms with Crippen LogP contribution in [0.25, 0.3) is 5.69 Å². The first-order valence-electron chi connectivity index (χ1n) is 10.9. The van der Waals surface area contributed by atoms with E-state index in [1.165, 1.54) is 17.3 Å². The van der Waals surface area contributed by atoms with Gasteiger partial charge in [-0.15, -0.1) is 10.2 Å². The third-order valence-corrected chi connectivity index (χ3v) is 6.01. The van der Waals surface area contributed by atoms with Crippen molar-refractivity contribution in [3.05, 3.63) is 95.8 Å². The summed E-state index contributed by atoms with van der Waals surface area (Å²) >= 11 is 1.53. The van der Waals surface area contributed by atoms with Crippen molar-refractivity contribution in [3.8, 4) is 5.69 Å². The predicted molar refractivity (Wildman–Crippen MR) is 135 cm³/mol. The predicted octanol–water partition coefficient (Wildman–Crippen LogP) is 5.62. The molecule has 0 radical (unpaired) electrons. The largest absolute Gasteiger partial charge is 0.378 e. The molecule has 6 nitrogen and oxygen atoms in total. The van der Waals surface area contributed by atoms with E-state index in [2.05, 4.69) is 52.0 Å². The lowest BCUT2D eigenvalue weighted by atomic mass is 10.2. The van der Waals surface area contributed by atoms with E-state index in [1.54, 1.807) is 0 Å². The molecule has 0 unspecified atom stereocenters. The number of thioether (sulfide) groups is 1. The fourth-order valence-electron chi connectivity index (χ4n) is 3.38. The minimum Gasteiger partial charge on any atom is -0.378 e. The van der Waals surface area contributed by atoms with Gasteiger partial charge in [0.15, 0.2) is 11.0 Å². The number of hydrogen-bond acceptors (Lipinski definition) is 5. The van der Waals surface area contributed by atoms with Crippen LogP contribution in [0.3, 0.4) is 0 Å². The topological polar surface area (TPSA) is 71.8 Å². The summed E-state index contributed by atoms with van der Waals surface area (Å²) in [6.45, 7) is 4.62.